The van der Waals surface area contributed by atoms with Crippen LogP contribution in [0.4, 0.5) is 4.39 Å². The van der Waals surface area contributed by atoms with Crippen LogP contribution in [0.2, 0.25) is 0 Å². The topological polar surface area (TPSA) is 3.24 Å². The van der Waals surface area contributed by atoms with Crippen LogP contribution in [-0.2, 0) is 0 Å². The fourth-order valence-corrected chi connectivity index (χ4v) is 1.41. The predicted molar refractivity (Wildman–Crippen MR) is 45.4 cm³/mol. The van der Waals surface area contributed by atoms with Gasteiger partial charge >= 0.3 is 0 Å². The van der Waals surface area contributed by atoms with E-state index in [1.807, 2.05) is 0 Å². The van der Waals surface area contributed by atoms with Gasteiger partial charge in [0, 0.05) is 13.1 Å². The molecule has 0 aliphatic carbocycles. The summed E-state index contributed by atoms with van der Waals surface area (Å²) in [4.78, 5) is 2.12. The molecule has 0 amide bonds. The second-order valence-corrected chi connectivity index (χ2v) is 3.46. The first-order chi connectivity index (χ1) is 5.08. The fourth-order valence-electron chi connectivity index (χ4n) is 1.41. The molecule has 0 bridgehead atoms. The van der Waals surface area contributed by atoms with E-state index in [2.05, 4.69) is 18.4 Å². The molecule has 1 fully saturated rings. The van der Waals surface area contributed by atoms with E-state index in [0.717, 1.165) is 13.0 Å². The maximum Gasteiger partial charge on any atom is 0.156 e. The van der Waals surface area contributed by atoms with Gasteiger partial charge in [-0.15, -0.1) is 0 Å². The molecule has 1 aliphatic rings. The molecule has 0 radical (unpaired) electrons. The molecule has 1 rings (SSSR count). The van der Waals surface area contributed by atoms with Crippen LogP contribution >= 0.6 is 0 Å². The van der Waals surface area contributed by atoms with Gasteiger partial charge in [0.25, 0.3) is 0 Å². The van der Waals surface area contributed by atoms with Crippen molar-refractivity contribution in [3.8, 4) is 0 Å². The average molecular weight is 157 g/mol. The molecule has 0 aromatic rings. The summed E-state index contributed by atoms with van der Waals surface area (Å²) in [5, 5.41) is 0. The molecule has 0 aromatic carbocycles. The van der Waals surface area contributed by atoms with Crippen LogP contribution in [0.25, 0.3) is 0 Å². The van der Waals surface area contributed by atoms with E-state index in [1.165, 1.54) is 0 Å². The molecule has 1 saturated heterocycles. The molecule has 2 heteroatoms. The zero-order chi connectivity index (χ0) is 8.48. The van der Waals surface area contributed by atoms with Crippen molar-refractivity contribution in [2.24, 2.45) is 0 Å². The van der Waals surface area contributed by atoms with E-state index in [9.17, 15) is 4.39 Å². The highest BCUT2D eigenvalue weighted by Crippen LogP contribution is 2.31. The van der Waals surface area contributed by atoms with Gasteiger partial charge < -0.3 is 0 Å². The van der Waals surface area contributed by atoms with Gasteiger partial charge in [0.15, 0.2) is 5.67 Å². The van der Waals surface area contributed by atoms with Crippen LogP contribution in [0.15, 0.2) is 12.2 Å². The molecule has 0 saturated carbocycles. The SMILES string of the molecule is C=C(C)C1(F)CN(CCC)C1. The molecule has 0 aromatic heterocycles. The summed E-state index contributed by atoms with van der Waals surface area (Å²) in [6.45, 7) is 9.64. The summed E-state index contributed by atoms with van der Waals surface area (Å²) >= 11 is 0. The quantitative estimate of drug-likeness (QED) is 0.566. The zero-order valence-electron chi connectivity index (χ0n) is 7.36. The Labute approximate surface area is 67.9 Å². The lowest BCUT2D eigenvalue weighted by Crippen LogP contribution is -2.59. The number of nitrogens with zero attached hydrogens (tertiary/aromatic N) is 1. The molecule has 11 heavy (non-hydrogen) atoms. The van der Waals surface area contributed by atoms with Crippen molar-refractivity contribution in [2.75, 3.05) is 19.6 Å². The minimum absolute atomic E-state index is 0.552. The first kappa shape index (κ1) is 8.72. The lowest BCUT2D eigenvalue weighted by Gasteiger charge is -2.44. The molecular weight excluding hydrogens is 141 g/mol. The largest absolute Gasteiger partial charge is 0.296 e. The van der Waals surface area contributed by atoms with Gasteiger partial charge in [0.1, 0.15) is 0 Å². The van der Waals surface area contributed by atoms with Gasteiger partial charge in [-0.05, 0) is 25.5 Å². The standard InChI is InChI=1S/C9H16FN/c1-4-5-11-6-9(10,7-11)8(2)3/h2,4-7H2,1,3H3. The summed E-state index contributed by atoms with van der Waals surface area (Å²) in [7, 11) is 0. The van der Waals surface area contributed by atoms with E-state index in [4.69, 9.17) is 0 Å². The van der Waals surface area contributed by atoms with Gasteiger partial charge in [0.05, 0.1) is 0 Å². The highest BCUT2D eigenvalue weighted by molar-refractivity contribution is 5.17. The number of rotatable bonds is 3. The fraction of sp³-hybridized carbons (Fsp3) is 0.778. The molecule has 0 spiro atoms. The van der Waals surface area contributed by atoms with Gasteiger partial charge in [-0.1, -0.05) is 13.5 Å². The van der Waals surface area contributed by atoms with Gasteiger partial charge in [-0.3, -0.25) is 4.90 Å². The van der Waals surface area contributed by atoms with E-state index >= 15 is 0 Å². The molecule has 1 aliphatic heterocycles. The van der Waals surface area contributed by atoms with Crippen LogP contribution in [-0.4, -0.2) is 30.2 Å². The third-order valence-corrected chi connectivity index (χ3v) is 2.25. The van der Waals surface area contributed by atoms with Crippen molar-refractivity contribution in [3.05, 3.63) is 12.2 Å². The Morgan fingerprint density at radius 2 is 2.18 bits per heavy atom. The van der Waals surface area contributed by atoms with Crippen molar-refractivity contribution in [1.82, 2.24) is 4.90 Å². The van der Waals surface area contributed by atoms with Gasteiger partial charge in [-0.2, -0.15) is 0 Å². The Morgan fingerprint density at radius 3 is 2.55 bits per heavy atom. The second kappa shape index (κ2) is 2.94. The Bertz CT molecular complexity index is 159. The Kier molecular flexibility index (Phi) is 2.33. The third-order valence-electron chi connectivity index (χ3n) is 2.25. The molecule has 1 heterocycles. The summed E-state index contributed by atoms with van der Waals surface area (Å²) in [5.74, 6) is 0. The number of hydrogen-bond donors (Lipinski definition) is 0. The van der Waals surface area contributed by atoms with Crippen molar-refractivity contribution in [1.29, 1.82) is 0 Å². The van der Waals surface area contributed by atoms with Crippen molar-refractivity contribution >= 4 is 0 Å². The second-order valence-electron chi connectivity index (χ2n) is 3.46. The Balaban J connectivity index is 2.32. The first-order valence-corrected chi connectivity index (χ1v) is 4.16. The molecule has 0 N–H and O–H groups in total. The predicted octanol–water partition coefficient (Wildman–Crippen LogP) is 2.00. The number of hydrogen-bond acceptors (Lipinski definition) is 1. The monoisotopic (exact) mass is 157 g/mol. The Hall–Kier alpha value is -0.370. The summed E-state index contributed by atoms with van der Waals surface area (Å²) in [6, 6.07) is 0. The third kappa shape index (κ3) is 1.62. The minimum atomic E-state index is -1.07. The molecule has 1 nitrogen and oxygen atoms in total. The van der Waals surface area contributed by atoms with Crippen molar-refractivity contribution < 1.29 is 4.39 Å². The van der Waals surface area contributed by atoms with Gasteiger partial charge in [0.2, 0.25) is 0 Å². The van der Waals surface area contributed by atoms with Crippen LogP contribution in [0.3, 0.4) is 0 Å². The average Bonchev–Trinajstić information content (AvgIpc) is 1.84. The molecule has 64 valence electrons. The van der Waals surface area contributed by atoms with Crippen LogP contribution in [0.5, 0.6) is 0 Å². The molecule has 0 unspecified atom stereocenters. The maximum atomic E-state index is 13.5. The van der Waals surface area contributed by atoms with Crippen LogP contribution in [0, 0.1) is 0 Å². The van der Waals surface area contributed by atoms with E-state index in [-0.39, 0.29) is 0 Å². The number of alkyl halides is 1. The van der Waals surface area contributed by atoms with Crippen molar-refractivity contribution in [3.63, 3.8) is 0 Å². The lowest BCUT2D eigenvalue weighted by molar-refractivity contribution is -0.00266. The highest BCUT2D eigenvalue weighted by Gasteiger charge is 2.43. The summed E-state index contributed by atoms with van der Waals surface area (Å²) in [6.07, 6.45) is 1.10. The van der Waals surface area contributed by atoms with E-state index < -0.39 is 5.67 Å². The first-order valence-electron chi connectivity index (χ1n) is 4.16. The smallest absolute Gasteiger partial charge is 0.156 e. The number of halogens is 1. The highest BCUT2D eigenvalue weighted by atomic mass is 19.1. The summed E-state index contributed by atoms with van der Waals surface area (Å²) in [5.41, 5.74) is -0.403. The maximum absolute atomic E-state index is 13.5. The summed E-state index contributed by atoms with van der Waals surface area (Å²) < 4.78 is 13.5. The van der Waals surface area contributed by atoms with Crippen molar-refractivity contribution in [2.45, 2.75) is 25.9 Å². The van der Waals surface area contributed by atoms with Crippen LogP contribution < -0.4 is 0 Å². The molecule has 0 atom stereocenters. The minimum Gasteiger partial charge on any atom is -0.296 e. The van der Waals surface area contributed by atoms with Gasteiger partial charge in [-0.25, -0.2) is 4.39 Å². The zero-order valence-corrected chi connectivity index (χ0v) is 7.36. The number of likely N-dealkylation sites (tertiary alicyclic amines) is 1. The van der Waals surface area contributed by atoms with E-state index in [1.54, 1.807) is 6.92 Å². The normalized spacial score (nSPS) is 22.8. The Morgan fingerprint density at radius 1 is 1.64 bits per heavy atom. The van der Waals surface area contributed by atoms with E-state index in [0.29, 0.717) is 18.7 Å². The van der Waals surface area contributed by atoms with Crippen LogP contribution in [0.1, 0.15) is 20.3 Å². The molecular formula is C9H16FN. The lowest BCUT2D eigenvalue weighted by atomic mass is 9.89.